The van der Waals surface area contributed by atoms with Crippen molar-refractivity contribution in [3.63, 3.8) is 0 Å². The van der Waals surface area contributed by atoms with E-state index in [0.29, 0.717) is 18.3 Å². The Hall–Kier alpha value is -1.65. The monoisotopic (exact) mass is 209 g/mol. The van der Waals surface area contributed by atoms with Crippen LogP contribution in [-0.2, 0) is 4.79 Å². The van der Waals surface area contributed by atoms with Gasteiger partial charge < -0.3 is 10.1 Å². The van der Waals surface area contributed by atoms with Crippen molar-refractivity contribution in [3.8, 4) is 5.88 Å². The minimum atomic E-state index is -0.0755. The summed E-state index contributed by atoms with van der Waals surface area (Å²) in [5.41, 5.74) is 0. The van der Waals surface area contributed by atoms with Crippen molar-refractivity contribution in [3.05, 3.63) is 12.4 Å². The third kappa shape index (κ3) is 3.53. The highest BCUT2D eigenvalue weighted by molar-refractivity contribution is 5.90. The minimum absolute atomic E-state index is 0.0710. The number of amides is 1. The zero-order chi connectivity index (χ0) is 11.3. The number of aromatic nitrogens is 2. The van der Waals surface area contributed by atoms with Crippen LogP contribution in [0.1, 0.15) is 20.8 Å². The Morgan fingerprint density at radius 3 is 2.67 bits per heavy atom. The van der Waals surface area contributed by atoms with Gasteiger partial charge in [-0.05, 0) is 6.92 Å². The molecule has 1 aromatic rings. The topological polar surface area (TPSA) is 64.1 Å². The maximum Gasteiger partial charge on any atom is 0.232 e. The Labute approximate surface area is 88.9 Å². The third-order valence-corrected chi connectivity index (χ3v) is 1.70. The van der Waals surface area contributed by atoms with Crippen LogP contribution in [0.2, 0.25) is 0 Å². The highest BCUT2D eigenvalue weighted by atomic mass is 16.5. The summed E-state index contributed by atoms with van der Waals surface area (Å²) in [5.74, 6) is 0.754. The van der Waals surface area contributed by atoms with Gasteiger partial charge in [0, 0.05) is 5.92 Å². The molecule has 0 spiro atoms. The first kappa shape index (κ1) is 11.4. The first-order valence-corrected chi connectivity index (χ1v) is 4.89. The summed E-state index contributed by atoms with van der Waals surface area (Å²) in [4.78, 5) is 19.3. The Kier molecular flexibility index (Phi) is 4.03. The highest BCUT2D eigenvalue weighted by Gasteiger charge is 2.07. The molecule has 0 fully saturated rings. The van der Waals surface area contributed by atoms with Crippen LogP contribution in [0.15, 0.2) is 12.4 Å². The molecule has 15 heavy (non-hydrogen) atoms. The molecular weight excluding hydrogens is 194 g/mol. The number of carbonyl (C=O) groups is 1. The fourth-order valence-electron chi connectivity index (χ4n) is 0.874. The van der Waals surface area contributed by atoms with Crippen LogP contribution in [-0.4, -0.2) is 22.5 Å². The van der Waals surface area contributed by atoms with Crippen LogP contribution >= 0.6 is 0 Å². The maximum atomic E-state index is 11.3. The smallest absolute Gasteiger partial charge is 0.232 e. The molecule has 1 aromatic heterocycles. The summed E-state index contributed by atoms with van der Waals surface area (Å²) in [6.07, 6.45) is 2.96. The molecule has 0 saturated carbocycles. The third-order valence-electron chi connectivity index (χ3n) is 1.70. The number of nitrogens with one attached hydrogen (secondary N) is 1. The number of nitrogens with zero attached hydrogens (tertiary/aromatic N) is 2. The lowest BCUT2D eigenvalue weighted by molar-refractivity contribution is -0.118. The molecule has 0 aliphatic carbocycles. The van der Waals surface area contributed by atoms with Gasteiger partial charge in [-0.2, -0.15) is 0 Å². The average molecular weight is 209 g/mol. The number of carbonyl (C=O) groups excluding carboxylic acids is 1. The van der Waals surface area contributed by atoms with Crippen molar-refractivity contribution >= 4 is 11.7 Å². The van der Waals surface area contributed by atoms with Gasteiger partial charge >= 0.3 is 0 Å². The molecule has 0 saturated heterocycles. The van der Waals surface area contributed by atoms with Gasteiger partial charge in [-0.3, -0.25) is 4.79 Å². The number of hydrogen-bond donors (Lipinski definition) is 1. The van der Waals surface area contributed by atoms with E-state index in [0.717, 1.165) is 0 Å². The molecule has 5 heteroatoms. The molecule has 0 aromatic carbocycles. The number of ether oxygens (including phenoxy) is 1. The molecule has 1 amide bonds. The Morgan fingerprint density at radius 1 is 1.47 bits per heavy atom. The van der Waals surface area contributed by atoms with E-state index < -0.39 is 0 Å². The van der Waals surface area contributed by atoms with E-state index in [1.807, 2.05) is 20.8 Å². The van der Waals surface area contributed by atoms with Gasteiger partial charge in [-0.25, -0.2) is 9.97 Å². The van der Waals surface area contributed by atoms with Crippen LogP contribution in [0.5, 0.6) is 5.88 Å². The molecule has 1 heterocycles. The molecule has 1 N–H and O–H groups in total. The van der Waals surface area contributed by atoms with E-state index in [-0.39, 0.29) is 11.8 Å². The Balaban J connectivity index is 2.60. The molecule has 0 aliphatic rings. The largest absolute Gasteiger partial charge is 0.477 e. The van der Waals surface area contributed by atoms with Crippen molar-refractivity contribution in [1.29, 1.82) is 0 Å². The van der Waals surface area contributed by atoms with Gasteiger partial charge in [0.05, 0.1) is 19.0 Å². The van der Waals surface area contributed by atoms with Gasteiger partial charge in [0.1, 0.15) is 0 Å². The zero-order valence-electron chi connectivity index (χ0n) is 9.15. The maximum absolute atomic E-state index is 11.3. The normalized spacial score (nSPS) is 10.1. The van der Waals surface area contributed by atoms with E-state index in [1.54, 1.807) is 0 Å². The van der Waals surface area contributed by atoms with Crippen LogP contribution in [0.4, 0.5) is 5.82 Å². The second kappa shape index (κ2) is 5.29. The summed E-state index contributed by atoms with van der Waals surface area (Å²) >= 11 is 0. The van der Waals surface area contributed by atoms with E-state index >= 15 is 0 Å². The van der Waals surface area contributed by atoms with Crippen molar-refractivity contribution in [1.82, 2.24) is 9.97 Å². The fraction of sp³-hybridized carbons (Fsp3) is 0.500. The molecule has 0 radical (unpaired) electrons. The summed E-state index contributed by atoms with van der Waals surface area (Å²) in [6.45, 7) is 6.05. The Bertz CT molecular complexity index is 322. The first-order chi connectivity index (χ1) is 7.13. The quantitative estimate of drug-likeness (QED) is 0.815. The molecule has 0 bridgehead atoms. The summed E-state index contributed by atoms with van der Waals surface area (Å²) in [5, 5.41) is 2.64. The summed E-state index contributed by atoms with van der Waals surface area (Å²) < 4.78 is 5.13. The zero-order valence-corrected chi connectivity index (χ0v) is 9.15. The summed E-state index contributed by atoms with van der Waals surface area (Å²) in [6, 6.07) is 0. The van der Waals surface area contributed by atoms with Crippen molar-refractivity contribution in [2.45, 2.75) is 20.8 Å². The van der Waals surface area contributed by atoms with Crippen LogP contribution in [0, 0.1) is 5.92 Å². The molecular formula is C10H15N3O2. The molecule has 82 valence electrons. The van der Waals surface area contributed by atoms with Crippen LogP contribution in [0.25, 0.3) is 0 Å². The second-order valence-corrected chi connectivity index (χ2v) is 3.32. The molecule has 1 rings (SSSR count). The predicted molar refractivity (Wildman–Crippen MR) is 56.7 cm³/mol. The molecule has 0 aliphatic heterocycles. The van der Waals surface area contributed by atoms with E-state index in [4.69, 9.17) is 4.74 Å². The Morgan fingerprint density at radius 2 is 2.20 bits per heavy atom. The van der Waals surface area contributed by atoms with Crippen LogP contribution < -0.4 is 10.1 Å². The van der Waals surface area contributed by atoms with Gasteiger partial charge in [0.2, 0.25) is 11.8 Å². The number of hydrogen-bond acceptors (Lipinski definition) is 4. The van der Waals surface area contributed by atoms with Crippen molar-refractivity contribution in [2.75, 3.05) is 11.9 Å². The van der Waals surface area contributed by atoms with Crippen molar-refractivity contribution in [2.24, 2.45) is 5.92 Å². The van der Waals surface area contributed by atoms with Crippen molar-refractivity contribution < 1.29 is 9.53 Å². The average Bonchev–Trinajstić information content (AvgIpc) is 2.21. The van der Waals surface area contributed by atoms with Gasteiger partial charge in [0.25, 0.3) is 0 Å². The molecule has 0 atom stereocenters. The second-order valence-electron chi connectivity index (χ2n) is 3.32. The number of anilines is 1. The highest BCUT2D eigenvalue weighted by Crippen LogP contribution is 2.08. The summed E-state index contributed by atoms with van der Waals surface area (Å²) in [7, 11) is 0. The first-order valence-electron chi connectivity index (χ1n) is 4.89. The lowest BCUT2D eigenvalue weighted by Gasteiger charge is -2.06. The van der Waals surface area contributed by atoms with Crippen LogP contribution in [0.3, 0.4) is 0 Å². The predicted octanol–water partition coefficient (Wildman–Crippen LogP) is 1.47. The van der Waals surface area contributed by atoms with E-state index in [2.05, 4.69) is 15.3 Å². The van der Waals surface area contributed by atoms with E-state index in [1.165, 1.54) is 12.4 Å². The standard InChI is InChI=1S/C10H15N3O2/c1-4-15-9-6-11-8(5-12-9)13-10(14)7(2)3/h5-7H,4H2,1-3H3,(H,11,13,14). The lowest BCUT2D eigenvalue weighted by Crippen LogP contribution is -2.18. The molecule has 0 unspecified atom stereocenters. The molecule has 5 nitrogen and oxygen atoms in total. The van der Waals surface area contributed by atoms with Gasteiger partial charge in [0.15, 0.2) is 5.82 Å². The van der Waals surface area contributed by atoms with Gasteiger partial charge in [-0.15, -0.1) is 0 Å². The van der Waals surface area contributed by atoms with Gasteiger partial charge in [-0.1, -0.05) is 13.8 Å². The van der Waals surface area contributed by atoms with E-state index in [9.17, 15) is 4.79 Å². The minimum Gasteiger partial charge on any atom is -0.477 e. The fourth-order valence-corrected chi connectivity index (χ4v) is 0.874. The lowest BCUT2D eigenvalue weighted by atomic mass is 10.2. The SMILES string of the molecule is CCOc1cnc(NC(=O)C(C)C)cn1. The number of rotatable bonds is 4.